The summed E-state index contributed by atoms with van der Waals surface area (Å²) in [6, 6.07) is 14.3. The van der Waals surface area contributed by atoms with Crippen LogP contribution in [-0.2, 0) is 0 Å². The van der Waals surface area contributed by atoms with Gasteiger partial charge in [-0.1, -0.05) is 24.3 Å². The number of carbonyl (C=O) groups excluding carboxylic acids is 2. The lowest BCUT2D eigenvalue weighted by molar-refractivity contribution is 0.0558. The molecule has 5 nitrogen and oxygen atoms in total. The van der Waals surface area contributed by atoms with Crippen LogP contribution in [0.2, 0.25) is 0 Å². The number of furan rings is 2. The molecule has 6 rings (SSSR count). The molecule has 1 spiro atoms. The standard InChI is InChI=1S/C23H19NO4/c25-21-14-6-1-2-7-15(14)22(26)23(21)19(17-9-4-12-27-17)16-8-3-11-24(16)20(23)18-10-5-13-28-18/h1-2,4-7,9-10,12-13,16,19-20H,3,8,11H2/t16-,19+,20-/m0/s1. The Morgan fingerprint density at radius 3 is 2.11 bits per heavy atom. The minimum atomic E-state index is -1.25. The normalized spacial score (nSPS) is 28.2. The lowest BCUT2D eigenvalue weighted by Crippen LogP contribution is -2.43. The van der Waals surface area contributed by atoms with Gasteiger partial charge in [-0.25, -0.2) is 0 Å². The SMILES string of the molecule is O=C1c2ccccc2C(=O)C12[C@H](c1ccco1)N1CCC[C@H]1[C@@H]2c1ccco1. The predicted octanol–water partition coefficient (Wildman–Crippen LogP) is 4.24. The quantitative estimate of drug-likeness (QED) is 0.629. The van der Waals surface area contributed by atoms with Crippen LogP contribution in [0.15, 0.2) is 69.9 Å². The van der Waals surface area contributed by atoms with Crippen molar-refractivity contribution in [1.82, 2.24) is 4.90 Å². The first-order chi connectivity index (χ1) is 13.7. The minimum absolute atomic E-state index is 0.0727. The van der Waals surface area contributed by atoms with Crippen LogP contribution in [0.5, 0.6) is 0 Å². The van der Waals surface area contributed by atoms with Crippen molar-refractivity contribution in [3.05, 3.63) is 83.7 Å². The van der Waals surface area contributed by atoms with Gasteiger partial charge >= 0.3 is 0 Å². The van der Waals surface area contributed by atoms with Crippen LogP contribution in [0, 0.1) is 5.41 Å². The van der Waals surface area contributed by atoms with Crippen LogP contribution < -0.4 is 0 Å². The molecule has 1 aromatic carbocycles. The molecule has 1 aliphatic carbocycles. The molecule has 4 heterocycles. The van der Waals surface area contributed by atoms with E-state index < -0.39 is 11.5 Å². The number of nitrogens with zero attached hydrogens (tertiary/aromatic N) is 1. The highest BCUT2D eigenvalue weighted by Crippen LogP contribution is 2.65. The monoisotopic (exact) mass is 373 g/mol. The lowest BCUT2D eigenvalue weighted by atomic mass is 9.65. The molecule has 3 atom stereocenters. The van der Waals surface area contributed by atoms with E-state index in [9.17, 15) is 9.59 Å². The zero-order chi connectivity index (χ0) is 18.9. The molecular formula is C23H19NO4. The van der Waals surface area contributed by atoms with Gasteiger partial charge in [-0.2, -0.15) is 0 Å². The van der Waals surface area contributed by atoms with Crippen molar-refractivity contribution in [3.63, 3.8) is 0 Å². The Hall–Kier alpha value is -2.92. The van der Waals surface area contributed by atoms with E-state index in [0.29, 0.717) is 22.6 Å². The molecular weight excluding hydrogens is 354 g/mol. The first kappa shape index (κ1) is 16.1. The molecule has 140 valence electrons. The minimum Gasteiger partial charge on any atom is -0.469 e. The van der Waals surface area contributed by atoms with Crippen molar-refractivity contribution in [2.75, 3.05) is 6.54 Å². The van der Waals surface area contributed by atoms with E-state index in [2.05, 4.69) is 4.90 Å². The fraction of sp³-hybridized carbons (Fsp3) is 0.304. The fourth-order valence-corrected chi connectivity index (χ4v) is 5.90. The van der Waals surface area contributed by atoms with Crippen LogP contribution in [0.25, 0.3) is 0 Å². The molecule has 2 fully saturated rings. The van der Waals surface area contributed by atoms with E-state index >= 15 is 0 Å². The van der Waals surface area contributed by atoms with Gasteiger partial charge in [0.25, 0.3) is 0 Å². The maximum atomic E-state index is 13.9. The van der Waals surface area contributed by atoms with Gasteiger partial charge in [0, 0.05) is 17.2 Å². The van der Waals surface area contributed by atoms with E-state index in [-0.39, 0.29) is 23.5 Å². The summed E-state index contributed by atoms with van der Waals surface area (Å²) in [6.45, 7) is 0.839. The van der Waals surface area contributed by atoms with Gasteiger partial charge in [0.15, 0.2) is 11.6 Å². The number of carbonyl (C=O) groups is 2. The lowest BCUT2D eigenvalue weighted by Gasteiger charge is -2.33. The van der Waals surface area contributed by atoms with E-state index in [0.717, 1.165) is 19.4 Å². The third-order valence-corrected chi connectivity index (χ3v) is 6.81. The second kappa shape index (κ2) is 5.55. The molecule has 3 aromatic rings. The molecule has 0 unspecified atom stereocenters. The van der Waals surface area contributed by atoms with Crippen LogP contribution in [0.1, 0.15) is 57.0 Å². The number of fused-ring (bicyclic) bond motifs is 2. The van der Waals surface area contributed by atoms with E-state index in [4.69, 9.17) is 8.83 Å². The summed E-state index contributed by atoms with van der Waals surface area (Å²) < 4.78 is 11.6. The van der Waals surface area contributed by atoms with Gasteiger partial charge in [-0.15, -0.1) is 0 Å². The van der Waals surface area contributed by atoms with Gasteiger partial charge in [-0.05, 0) is 43.7 Å². The number of ketones is 2. The van der Waals surface area contributed by atoms with Crippen molar-refractivity contribution in [2.45, 2.75) is 30.8 Å². The van der Waals surface area contributed by atoms with Crippen molar-refractivity contribution in [2.24, 2.45) is 5.41 Å². The zero-order valence-electron chi connectivity index (χ0n) is 15.2. The van der Waals surface area contributed by atoms with E-state index in [1.807, 2.05) is 36.4 Å². The molecule has 5 heteroatoms. The van der Waals surface area contributed by atoms with Crippen LogP contribution in [0.3, 0.4) is 0 Å². The molecule has 2 aliphatic heterocycles. The average Bonchev–Trinajstić information content (AvgIpc) is 3.51. The Morgan fingerprint density at radius 1 is 0.857 bits per heavy atom. The Balaban J connectivity index is 1.66. The largest absolute Gasteiger partial charge is 0.469 e. The number of benzene rings is 1. The predicted molar refractivity (Wildman–Crippen MR) is 100 cm³/mol. The summed E-state index contributed by atoms with van der Waals surface area (Å²) >= 11 is 0. The first-order valence-electron chi connectivity index (χ1n) is 9.75. The molecule has 0 N–H and O–H groups in total. The molecule has 28 heavy (non-hydrogen) atoms. The summed E-state index contributed by atoms with van der Waals surface area (Å²) in [4.78, 5) is 30.2. The molecule has 0 amide bonds. The highest BCUT2D eigenvalue weighted by atomic mass is 16.3. The van der Waals surface area contributed by atoms with Crippen LogP contribution in [0.4, 0.5) is 0 Å². The Labute approximate surface area is 161 Å². The van der Waals surface area contributed by atoms with Crippen LogP contribution in [-0.4, -0.2) is 29.1 Å². The average molecular weight is 373 g/mol. The van der Waals surface area contributed by atoms with Crippen molar-refractivity contribution in [3.8, 4) is 0 Å². The number of rotatable bonds is 2. The van der Waals surface area contributed by atoms with Crippen molar-refractivity contribution in [1.29, 1.82) is 0 Å². The molecule has 2 saturated heterocycles. The Morgan fingerprint density at radius 2 is 1.50 bits per heavy atom. The van der Waals surface area contributed by atoms with E-state index in [1.54, 1.807) is 24.7 Å². The third-order valence-electron chi connectivity index (χ3n) is 6.81. The van der Waals surface area contributed by atoms with Gasteiger partial charge < -0.3 is 8.83 Å². The van der Waals surface area contributed by atoms with Gasteiger partial charge in [0.1, 0.15) is 16.9 Å². The van der Waals surface area contributed by atoms with Gasteiger partial charge in [0.05, 0.1) is 24.5 Å². The highest BCUT2D eigenvalue weighted by Gasteiger charge is 2.72. The van der Waals surface area contributed by atoms with Crippen molar-refractivity contribution < 1.29 is 18.4 Å². The van der Waals surface area contributed by atoms with Gasteiger partial charge in [0.2, 0.25) is 0 Å². The summed E-state index contributed by atoms with van der Waals surface area (Å²) in [7, 11) is 0. The first-order valence-corrected chi connectivity index (χ1v) is 9.75. The summed E-state index contributed by atoms with van der Waals surface area (Å²) in [5.41, 5.74) is -0.214. The van der Waals surface area contributed by atoms with Gasteiger partial charge in [-0.3, -0.25) is 14.5 Å². The zero-order valence-corrected chi connectivity index (χ0v) is 15.2. The number of Topliss-reactive ketones (excluding diaryl/α,β-unsaturated/α-hetero) is 2. The molecule has 0 radical (unpaired) electrons. The molecule has 0 bridgehead atoms. The molecule has 3 aliphatic rings. The maximum absolute atomic E-state index is 13.9. The van der Waals surface area contributed by atoms with E-state index in [1.165, 1.54) is 0 Å². The van der Waals surface area contributed by atoms with Crippen molar-refractivity contribution >= 4 is 11.6 Å². The summed E-state index contributed by atoms with van der Waals surface area (Å²) in [5, 5.41) is 0. The molecule has 2 aromatic heterocycles. The third kappa shape index (κ3) is 1.75. The Kier molecular flexibility index (Phi) is 3.19. The maximum Gasteiger partial charge on any atom is 0.180 e. The second-order valence-corrected chi connectivity index (χ2v) is 7.93. The smallest absolute Gasteiger partial charge is 0.180 e. The number of hydrogen-bond acceptors (Lipinski definition) is 5. The number of hydrogen-bond donors (Lipinski definition) is 0. The topological polar surface area (TPSA) is 63.7 Å². The van der Waals surface area contributed by atoms with Crippen LogP contribution >= 0.6 is 0 Å². The Bertz CT molecular complexity index is 981. The second-order valence-electron chi connectivity index (χ2n) is 7.93. The molecule has 0 saturated carbocycles. The fourth-order valence-electron chi connectivity index (χ4n) is 5.90. The summed E-state index contributed by atoms with van der Waals surface area (Å²) in [5.74, 6) is 0.846. The highest BCUT2D eigenvalue weighted by molar-refractivity contribution is 6.31. The summed E-state index contributed by atoms with van der Waals surface area (Å²) in [6.07, 6.45) is 5.21.